The van der Waals surface area contributed by atoms with Gasteiger partial charge in [0.2, 0.25) is 5.91 Å². The van der Waals surface area contributed by atoms with Gasteiger partial charge in [-0.2, -0.15) is 0 Å². The van der Waals surface area contributed by atoms with Crippen molar-refractivity contribution in [3.63, 3.8) is 0 Å². The highest BCUT2D eigenvalue weighted by atomic mass is 16.4. The average molecular weight is 256 g/mol. The van der Waals surface area contributed by atoms with Crippen LogP contribution in [-0.4, -0.2) is 35.1 Å². The summed E-state index contributed by atoms with van der Waals surface area (Å²) in [4.78, 5) is 22.5. The van der Waals surface area contributed by atoms with E-state index in [1.165, 1.54) is 0 Å². The predicted molar refractivity (Wildman–Crippen MR) is 71.4 cm³/mol. The number of hydrogen-bond donors (Lipinski definition) is 3. The van der Waals surface area contributed by atoms with E-state index in [1.807, 2.05) is 20.8 Å². The number of hydrogen-bond acceptors (Lipinski definition) is 3. The van der Waals surface area contributed by atoms with Crippen LogP contribution in [0.25, 0.3) is 0 Å². The number of carboxylic acid groups (broad SMARTS) is 1. The highest BCUT2D eigenvalue weighted by Gasteiger charge is 2.18. The van der Waals surface area contributed by atoms with Crippen molar-refractivity contribution in [2.75, 3.05) is 6.54 Å². The summed E-state index contributed by atoms with van der Waals surface area (Å²) in [5.74, 6) is -1.00. The Morgan fingerprint density at radius 1 is 1.33 bits per heavy atom. The molecule has 3 N–H and O–H groups in total. The fourth-order valence-corrected chi connectivity index (χ4v) is 1.31. The predicted octanol–water partition coefficient (Wildman–Crippen LogP) is 1.30. The molecule has 0 rings (SSSR count). The lowest BCUT2D eigenvalue weighted by Crippen LogP contribution is -2.49. The van der Waals surface area contributed by atoms with Crippen molar-refractivity contribution >= 4 is 11.9 Å². The SMILES string of the molecule is CCC(=CCNC(C)C(=O)NC(C)(C)C)C(=O)O. The third kappa shape index (κ3) is 7.06. The summed E-state index contributed by atoms with van der Waals surface area (Å²) < 4.78 is 0. The van der Waals surface area contributed by atoms with E-state index in [9.17, 15) is 9.59 Å². The first-order chi connectivity index (χ1) is 8.17. The van der Waals surface area contributed by atoms with E-state index in [0.29, 0.717) is 18.5 Å². The van der Waals surface area contributed by atoms with E-state index in [2.05, 4.69) is 10.6 Å². The van der Waals surface area contributed by atoms with Crippen LogP contribution in [0.5, 0.6) is 0 Å². The zero-order valence-electron chi connectivity index (χ0n) is 11.8. The van der Waals surface area contributed by atoms with Crippen molar-refractivity contribution in [2.45, 2.75) is 52.6 Å². The molecule has 0 radical (unpaired) electrons. The summed E-state index contributed by atoms with van der Waals surface area (Å²) in [5.41, 5.74) is 0.0873. The van der Waals surface area contributed by atoms with E-state index in [4.69, 9.17) is 5.11 Å². The minimum Gasteiger partial charge on any atom is -0.478 e. The summed E-state index contributed by atoms with van der Waals surface area (Å²) in [6.45, 7) is 9.65. The van der Waals surface area contributed by atoms with Crippen molar-refractivity contribution in [2.24, 2.45) is 0 Å². The topological polar surface area (TPSA) is 78.4 Å². The average Bonchev–Trinajstić information content (AvgIpc) is 2.20. The lowest BCUT2D eigenvalue weighted by Gasteiger charge is -2.23. The largest absolute Gasteiger partial charge is 0.478 e. The van der Waals surface area contributed by atoms with Gasteiger partial charge in [-0.15, -0.1) is 0 Å². The van der Waals surface area contributed by atoms with Crippen LogP contribution in [0.3, 0.4) is 0 Å². The first-order valence-electron chi connectivity index (χ1n) is 6.15. The fourth-order valence-electron chi connectivity index (χ4n) is 1.31. The molecule has 0 bridgehead atoms. The second-order valence-corrected chi connectivity index (χ2v) is 5.26. The molecule has 5 heteroatoms. The Labute approximate surface area is 109 Å². The third-order valence-electron chi connectivity index (χ3n) is 2.32. The van der Waals surface area contributed by atoms with Gasteiger partial charge in [-0.1, -0.05) is 13.0 Å². The van der Waals surface area contributed by atoms with Gasteiger partial charge in [0, 0.05) is 17.7 Å². The standard InChI is InChI=1S/C13H24N2O3/c1-6-10(12(17)18)7-8-14-9(2)11(16)15-13(3,4)5/h7,9,14H,6,8H2,1-5H3,(H,15,16)(H,17,18). The van der Waals surface area contributed by atoms with Crippen molar-refractivity contribution in [3.8, 4) is 0 Å². The molecule has 18 heavy (non-hydrogen) atoms. The van der Waals surface area contributed by atoms with Gasteiger partial charge in [0.25, 0.3) is 0 Å². The molecule has 0 aromatic rings. The normalized spacial score (nSPS) is 14.2. The van der Waals surface area contributed by atoms with Gasteiger partial charge >= 0.3 is 5.97 Å². The molecule has 0 fully saturated rings. The van der Waals surface area contributed by atoms with E-state index in [1.54, 1.807) is 19.9 Å². The zero-order chi connectivity index (χ0) is 14.3. The molecule has 0 heterocycles. The molecular weight excluding hydrogens is 232 g/mol. The number of nitrogens with one attached hydrogen (secondary N) is 2. The lowest BCUT2D eigenvalue weighted by molar-refractivity contribution is -0.132. The monoisotopic (exact) mass is 256 g/mol. The highest BCUT2D eigenvalue weighted by Crippen LogP contribution is 2.01. The molecule has 0 aliphatic rings. The molecule has 0 aromatic heterocycles. The van der Waals surface area contributed by atoms with E-state index in [0.717, 1.165) is 0 Å². The van der Waals surface area contributed by atoms with Crippen molar-refractivity contribution < 1.29 is 14.7 Å². The number of carbonyl (C=O) groups excluding carboxylic acids is 1. The molecule has 0 aromatic carbocycles. The molecular formula is C13H24N2O3. The molecule has 1 amide bonds. The minimum absolute atomic E-state index is 0.0933. The molecule has 0 saturated heterocycles. The van der Waals surface area contributed by atoms with E-state index in [-0.39, 0.29) is 17.5 Å². The van der Waals surface area contributed by atoms with Gasteiger partial charge in [0.15, 0.2) is 0 Å². The van der Waals surface area contributed by atoms with Crippen LogP contribution in [-0.2, 0) is 9.59 Å². The summed E-state index contributed by atoms with van der Waals surface area (Å²) in [5, 5.41) is 14.7. The van der Waals surface area contributed by atoms with E-state index >= 15 is 0 Å². The summed E-state index contributed by atoms with van der Waals surface area (Å²) in [6, 6.07) is -0.354. The molecule has 104 valence electrons. The first kappa shape index (κ1) is 16.6. The summed E-state index contributed by atoms with van der Waals surface area (Å²) >= 11 is 0. The van der Waals surface area contributed by atoms with Crippen LogP contribution in [0.1, 0.15) is 41.0 Å². The smallest absolute Gasteiger partial charge is 0.331 e. The molecule has 1 unspecified atom stereocenters. The second-order valence-electron chi connectivity index (χ2n) is 5.26. The van der Waals surface area contributed by atoms with Gasteiger partial charge in [-0.3, -0.25) is 4.79 Å². The molecule has 5 nitrogen and oxygen atoms in total. The first-order valence-corrected chi connectivity index (χ1v) is 6.15. The minimum atomic E-state index is -0.911. The number of amides is 1. The van der Waals surface area contributed by atoms with Crippen LogP contribution in [0.2, 0.25) is 0 Å². The van der Waals surface area contributed by atoms with Crippen molar-refractivity contribution in [3.05, 3.63) is 11.6 Å². The lowest BCUT2D eigenvalue weighted by atomic mass is 10.1. The molecule has 0 aliphatic heterocycles. The van der Waals surface area contributed by atoms with Crippen molar-refractivity contribution in [1.29, 1.82) is 0 Å². The zero-order valence-corrected chi connectivity index (χ0v) is 11.8. The Morgan fingerprint density at radius 3 is 2.28 bits per heavy atom. The van der Waals surface area contributed by atoms with Crippen LogP contribution in [0.15, 0.2) is 11.6 Å². The Bertz CT molecular complexity index is 330. The van der Waals surface area contributed by atoms with Gasteiger partial charge in [0.1, 0.15) is 0 Å². The second kappa shape index (κ2) is 7.16. The van der Waals surface area contributed by atoms with Crippen LogP contribution < -0.4 is 10.6 Å². The maximum absolute atomic E-state index is 11.7. The van der Waals surface area contributed by atoms with Crippen LogP contribution >= 0.6 is 0 Å². The highest BCUT2D eigenvalue weighted by molar-refractivity contribution is 5.86. The van der Waals surface area contributed by atoms with Gasteiger partial charge in [0.05, 0.1) is 6.04 Å². The Hall–Kier alpha value is -1.36. The summed E-state index contributed by atoms with van der Waals surface area (Å²) in [7, 11) is 0. The Kier molecular flexibility index (Phi) is 6.62. The molecule has 0 saturated carbocycles. The molecule has 0 aliphatic carbocycles. The van der Waals surface area contributed by atoms with Gasteiger partial charge < -0.3 is 15.7 Å². The number of carbonyl (C=O) groups is 2. The van der Waals surface area contributed by atoms with Crippen LogP contribution in [0.4, 0.5) is 0 Å². The third-order valence-corrected chi connectivity index (χ3v) is 2.32. The Balaban J connectivity index is 4.22. The van der Waals surface area contributed by atoms with Crippen LogP contribution in [0, 0.1) is 0 Å². The quantitative estimate of drug-likeness (QED) is 0.626. The van der Waals surface area contributed by atoms with Gasteiger partial charge in [-0.05, 0) is 34.1 Å². The fraction of sp³-hybridized carbons (Fsp3) is 0.692. The maximum atomic E-state index is 11.7. The van der Waals surface area contributed by atoms with E-state index < -0.39 is 5.97 Å². The summed E-state index contributed by atoms with van der Waals surface area (Å²) in [6.07, 6.45) is 2.07. The van der Waals surface area contributed by atoms with Crippen molar-refractivity contribution in [1.82, 2.24) is 10.6 Å². The number of rotatable bonds is 6. The Morgan fingerprint density at radius 2 is 1.89 bits per heavy atom. The number of carboxylic acids is 1. The van der Waals surface area contributed by atoms with Gasteiger partial charge in [-0.25, -0.2) is 4.79 Å². The molecule has 0 spiro atoms. The molecule has 1 atom stereocenters. The number of aliphatic carboxylic acids is 1. The maximum Gasteiger partial charge on any atom is 0.331 e.